The number of carbonyl (C=O) groups excluding carboxylic acids is 1. The SMILES string of the molecule is C=C(OCCOC=O)C(=C)Oc1ccccc1OC. The smallest absolute Gasteiger partial charge is 0.293 e. The van der Waals surface area contributed by atoms with Crippen LogP contribution in [0.2, 0.25) is 0 Å². The van der Waals surface area contributed by atoms with Crippen LogP contribution in [-0.4, -0.2) is 26.8 Å². The van der Waals surface area contributed by atoms with Gasteiger partial charge in [0, 0.05) is 0 Å². The quantitative estimate of drug-likeness (QED) is 0.296. The van der Waals surface area contributed by atoms with E-state index in [1.165, 1.54) is 0 Å². The van der Waals surface area contributed by atoms with Crippen molar-refractivity contribution in [3.63, 3.8) is 0 Å². The van der Waals surface area contributed by atoms with E-state index in [-0.39, 0.29) is 24.7 Å². The maximum atomic E-state index is 9.94. The molecule has 1 rings (SSSR count). The highest BCUT2D eigenvalue weighted by molar-refractivity contribution is 5.41. The summed E-state index contributed by atoms with van der Waals surface area (Å²) >= 11 is 0. The molecule has 1 aromatic rings. The predicted octanol–water partition coefficient (Wildman–Crippen LogP) is 2.29. The second-order valence-corrected chi connectivity index (χ2v) is 3.41. The molecular formula is C14H16O5. The van der Waals surface area contributed by atoms with E-state index >= 15 is 0 Å². The average molecular weight is 264 g/mol. The molecule has 19 heavy (non-hydrogen) atoms. The molecule has 0 heterocycles. The van der Waals surface area contributed by atoms with Crippen LogP contribution in [0.1, 0.15) is 0 Å². The van der Waals surface area contributed by atoms with Crippen LogP contribution >= 0.6 is 0 Å². The Morgan fingerprint density at radius 2 is 1.84 bits per heavy atom. The van der Waals surface area contributed by atoms with Gasteiger partial charge in [-0.25, -0.2) is 0 Å². The van der Waals surface area contributed by atoms with Crippen molar-refractivity contribution < 1.29 is 23.7 Å². The largest absolute Gasteiger partial charge is 0.493 e. The molecule has 1 aromatic carbocycles. The van der Waals surface area contributed by atoms with E-state index in [4.69, 9.17) is 14.2 Å². The second kappa shape index (κ2) is 7.81. The predicted molar refractivity (Wildman–Crippen MR) is 69.9 cm³/mol. The van der Waals surface area contributed by atoms with Crippen LogP contribution in [0.3, 0.4) is 0 Å². The molecule has 0 fully saturated rings. The third-order valence-corrected chi connectivity index (χ3v) is 2.16. The molecule has 5 heteroatoms. The van der Waals surface area contributed by atoms with Gasteiger partial charge in [-0.3, -0.25) is 4.79 Å². The normalized spacial score (nSPS) is 9.32. The third-order valence-electron chi connectivity index (χ3n) is 2.16. The minimum atomic E-state index is 0.143. The van der Waals surface area contributed by atoms with Gasteiger partial charge in [-0.05, 0) is 12.1 Å². The van der Waals surface area contributed by atoms with E-state index in [1.807, 2.05) is 12.1 Å². The second-order valence-electron chi connectivity index (χ2n) is 3.41. The van der Waals surface area contributed by atoms with Crippen molar-refractivity contribution in [1.29, 1.82) is 0 Å². The lowest BCUT2D eigenvalue weighted by Gasteiger charge is -2.14. The third kappa shape index (κ3) is 4.75. The fourth-order valence-electron chi connectivity index (χ4n) is 1.23. The molecule has 102 valence electrons. The number of hydrogen-bond donors (Lipinski definition) is 0. The molecule has 0 N–H and O–H groups in total. The summed E-state index contributed by atoms with van der Waals surface area (Å²) in [5, 5.41) is 0. The topological polar surface area (TPSA) is 54.0 Å². The molecule has 0 saturated heterocycles. The Balaban J connectivity index is 2.49. The molecule has 0 atom stereocenters. The minimum absolute atomic E-state index is 0.143. The van der Waals surface area contributed by atoms with Crippen LogP contribution in [0, 0.1) is 0 Å². The summed E-state index contributed by atoms with van der Waals surface area (Å²) in [4.78, 5) is 9.94. The van der Waals surface area contributed by atoms with Gasteiger partial charge in [-0.1, -0.05) is 25.3 Å². The monoisotopic (exact) mass is 264 g/mol. The van der Waals surface area contributed by atoms with Crippen molar-refractivity contribution in [2.45, 2.75) is 0 Å². The van der Waals surface area contributed by atoms with Crippen LogP contribution < -0.4 is 9.47 Å². The molecule has 0 aliphatic rings. The van der Waals surface area contributed by atoms with Crippen LogP contribution in [-0.2, 0) is 14.3 Å². The van der Waals surface area contributed by atoms with E-state index in [1.54, 1.807) is 19.2 Å². The van der Waals surface area contributed by atoms with E-state index < -0.39 is 0 Å². The van der Waals surface area contributed by atoms with Crippen molar-refractivity contribution in [3.05, 3.63) is 48.9 Å². The molecule has 0 unspecified atom stereocenters. The van der Waals surface area contributed by atoms with Gasteiger partial charge in [0.15, 0.2) is 23.0 Å². The first-order valence-electron chi connectivity index (χ1n) is 5.56. The summed E-state index contributed by atoms with van der Waals surface area (Å²) in [6.45, 7) is 8.07. The number of carbonyl (C=O) groups is 1. The fraction of sp³-hybridized carbons (Fsp3) is 0.214. The van der Waals surface area contributed by atoms with E-state index in [0.717, 1.165) is 0 Å². The first-order valence-corrected chi connectivity index (χ1v) is 5.56. The Morgan fingerprint density at radius 3 is 2.47 bits per heavy atom. The first-order chi connectivity index (χ1) is 9.19. The summed E-state index contributed by atoms with van der Waals surface area (Å²) in [5.74, 6) is 1.63. The molecule has 0 amide bonds. The van der Waals surface area contributed by atoms with Gasteiger partial charge in [-0.2, -0.15) is 0 Å². The Kier molecular flexibility index (Phi) is 6.02. The van der Waals surface area contributed by atoms with Crippen LogP contribution in [0.5, 0.6) is 11.5 Å². The van der Waals surface area contributed by atoms with Crippen LogP contribution in [0.25, 0.3) is 0 Å². The molecule has 0 radical (unpaired) electrons. The number of rotatable bonds is 9. The first kappa shape index (κ1) is 14.6. The number of hydrogen-bond acceptors (Lipinski definition) is 5. The Labute approximate surface area is 112 Å². The summed E-state index contributed by atoms with van der Waals surface area (Å²) in [7, 11) is 1.55. The number of benzene rings is 1. The lowest BCUT2D eigenvalue weighted by molar-refractivity contribution is -0.129. The van der Waals surface area contributed by atoms with Crippen LogP contribution in [0.15, 0.2) is 48.9 Å². The van der Waals surface area contributed by atoms with Crippen molar-refractivity contribution in [2.24, 2.45) is 0 Å². The molecule has 5 nitrogen and oxygen atoms in total. The van der Waals surface area contributed by atoms with Gasteiger partial charge in [0.2, 0.25) is 0 Å². The minimum Gasteiger partial charge on any atom is -0.493 e. The zero-order chi connectivity index (χ0) is 14.1. The molecule has 0 saturated carbocycles. The van der Waals surface area contributed by atoms with Gasteiger partial charge < -0.3 is 18.9 Å². The summed E-state index contributed by atoms with van der Waals surface area (Å²) in [6.07, 6.45) is 0. The lowest BCUT2D eigenvalue weighted by Crippen LogP contribution is -2.06. The Morgan fingerprint density at radius 1 is 1.16 bits per heavy atom. The van der Waals surface area contributed by atoms with Gasteiger partial charge in [-0.15, -0.1) is 0 Å². The Bertz CT molecular complexity index is 453. The maximum Gasteiger partial charge on any atom is 0.293 e. The molecule has 0 aliphatic carbocycles. The van der Waals surface area contributed by atoms with Crippen molar-refractivity contribution in [2.75, 3.05) is 20.3 Å². The molecular weight excluding hydrogens is 248 g/mol. The van der Waals surface area contributed by atoms with Crippen molar-refractivity contribution in [3.8, 4) is 11.5 Å². The zero-order valence-electron chi connectivity index (χ0n) is 10.8. The molecule has 0 spiro atoms. The van der Waals surface area contributed by atoms with E-state index in [0.29, 0.717) is 18.0 Å². The summed E-state index contributed by atoms with van der Waals surface area (Å²) in [6, 6.07) is 7.15. The molecule has 0 aromatic heterocycles. The number of ether oxygens (including phenoxy) is 4. The molecule has 0 aliphatic heterocycles. The van der Waals surface area contributed by atoms with Gasteiger partial charge >= 0.3 is 0 Å². The van der Waals surface area contributed by atoms with E-state index in [9.17, 15) is 4.79 Å². The van der Waals surface area contributed by atoms with E-state index in [2.05, 4.69) is 17.9 Å². The highest BCUT2D eigenvalue weighted by Crippen LogP contribution is 2.28. The highest BCUT2D eigenvalue weighted by atomic mass is 16.6. The number of para-hydroxylation sites is 2. The van der Waals surface area contributed by atoms with Crippen LogP contribution in [0.4, 0.5) is 0 Å². The van der Waals surface area contributed by atoms with Gasteiger partial charge in [0.1, 0.15) is 13.2 Å². The Hall–Kier alpha value is -2.43. The maximum absolute atomic E-state index is 9.94. The van der Waals surface area contributed by atoms with Gasteiger partial charge in [0.05, 0.1) is 7.11 Å². The molecule has 0 bridgehead atoms. The van der Waals surface area contributed by atoms with Gasteiger partial charge in [0.25, 0.3) is 6.47 Å². The number of methoxy groups -OCH3 is 1. The average Bonchev–Trinajstić information content (AvgIpc) is 2.44. The fourth-order valence-corrected chi connectivity index (χ4v) is 1.23. The zero-order valence-corrected chi connectivity index (χ0v) is 10.8. The standard InChI is InChI=1S/C14H16O5/c1-11(18-9-8-17-10-15)12(2)19-14-7-5-4-6-13(14)16-3/h4-7,10H,1-2,8-9H2,3H3. The van der Waals surface area contributed by atoms with Crippen molar-refractivity contribution in [1.82, 2.24) is 0 Å². The summed E-state index contributed by atoms with van der Waals surface area (Å²) < 4.78 is 20.3. The van der Waals surface area contributed by atoms with Crippen molar-refractivity contribution >= 4 is 6.47 Å². The lowest BCUT2D eigenvalue weighted by atomic mass is 10.3. The summed E-state index contributed by atoms with van der Waals surface area (Å²) in [5.41, 5.74) is 0. The highest BCUT2D eigenvalue weighted by Gasteiger charge is 2.08.